The number of hydrogen-bond donors (Lipinski definition) is 1. The lowest BCUT2D eigenvalue weighted by Gasteiger charge is -2.19. The van der Waals surface area contributed by atoms with Gasteiger partial charge >= 0.3 is 0 Å². The Bertz CT molecular complexity index is 450. The van der Waals surface area contributed by atoms with E-state index in [4.69, 9.17) is 4.74 Å². The molecule has 17 heavy (non-hydrogen) atoms. The summed E-state index contributed by atoms with van der Waals surface area (Å²) in [5, 5.41) is 3.12. The van der Waals surface area contributed by atoms with Gasteiger partial charge in [0.05, 0.1) is 13.2 Å². The predicted octanol–water partition coefficient (Wildman–Crippen LogP) is 2.67. The van der Waals surface area contributed by atoms with E-state index in [9.17, 15) is 4.79 Å². The smallest absolute Gasteiger partial charge is 0.252 e. The monoisotopic (exact) mass is 231 g/mol. The van der Waals surface area contributed by atoms with Crippen molar-refractivity contribution in [1.29, 1.82) is 0 Å². The van der Waals surface area contributed by atoms with Crippen molar-refractivity contribution in [1.82, 2.24) is 5.32 Å². The van der Waals surface area contributed by atoms with Crippen molar-refractivity contribution in [2.45, 2.75) is 31.7 Å². The molecule has 0 radical (unpaired) electrons. The molecule has 3 rings (SSSR count). The maximum atomic E-state index is 11.9. The number of ether oxygens (including phenoxy) is 1. The molecule has 1 aliphatic heterocycles. The Kier molecular flexibility index (Phi) is 2.54. The van der Waals surface area contributed by atoms with E-state index >= 15 is 0 Å². The van der Waals surface area contributed by atoms with Gasteiger partial charge in [0.2, 0.25) is 0 Å². The molecule has 1 fully saturated rings. The van der Waals surface area contributed by atoms with Crippen LogP contribution in [0.5, 0.6) is 5.75 Å². The second-order valence-electron chi connectivity index (χ2n) is 4.95. The Hall–Kier alpha value is -1.51. The second-order valence-corrected chi connectivity index (χ2v) is 4.95. The molecule has 90 valence electrons. The Morgan fingerprint density at radius 1 is 1.29 bits per heavy atom. The molecule has 0 spiro atoms. The summed E-state index contributed by atoms with van der Waals surface area (Å²) in [5.74, 6) is 1.51. The lowest BCUT2D eigenvalue weighted by atomic mass is 9.92. The van der Waals surface area contributed by atoms with Crippen LogP contribution < -0.4 is 10.1 Å². The Morgan fingerprint density at radius 3 is 2.76 bits per heavy atom. The average Bonchev–Trinajstić information content (AvgIpc) is 2.97. The number of fused-ring (bicyclic) bond motifs is 1. The van der Waals surface area contributed by atoms with E-state index in [1.54, 1.807) is 7.11 Å². The highest BCUT2D eigenvalue weighted by atomic mass is 16.5. The summed E-state index contributed by atoms with van der Waals surface area (Å²) in [6, 6.07) is 5.94. The molecule has 1 atom stereocenters. The third-order valence-corrected chi connectivity index (χ3v) is 4.00. The van der Waals surface area contributed by atoms with Crippen LogP contribution in [0.4, 0.5) is 0 Å². The highest BCUT2D eigenvalue weighted by Crippen LogP contribution is 2.40. The molecule has 3 nitrogen and oxygen atoms in total. The molecule has 1 unspecified atom stereocenters. The van der Waals surface area contributed by atoms with Crippen molar-refractivity contribution in [3.05, 3.63) is 29.3 Å². The fourth-order valence-corrected chi connectivity index (χ4v) is 3.09. The van der Waals surface area contributed by atoms with Gasteiger partial charge in [0.1, 0.15) is 5.75 Å². The zero-order valence-corrected chi connectivity index (χ0v) is 10.0. The van der Waals surface area contributed by atoms with Gasteiger partial charge in [-0.15, -0.1) is 0 Å². The molecule has 0 aromatic heterocycles. The van der Waals surface area contributed by atoms with Gasteiger partial charge in [-0.25, -0.2) is 0 Å². The van der Waals surface area contributed by atoms with Gasteiger partial charge in [0, 0.05) is 5.56 Å². The molecule has 1 N–H and O–H groups in total. The van der Waals surface area contributed by atoms with E-state index in [0.717, 1.165) is 16.9 Å². The standard InChI is InChI=1S/C14H17NO2/c1-17-10-6-7-11-12(8-10)13(15-14(11)16)9-4-2-3-5-9/h6-9,13H,2-5H2,1H3,(H,15,16). The number of rotatable bonds is 2. The first kappa shape index (κ1) is 10.6. The molecule has 1 aromatic rings. The van der Waals surface area contributed by atoms with E-state index in [1.807, 2.05) is 18.2 Å². The molecule has 1 heterocycles. The van der Waals surface area contributed by atoms with Gasteiger partial charge in [-0.2, -0.15) is 0 Å². The lowest BCUT2D eigenvalue weighted by Crippen LogP contribution is -2.24. The number of carbonyl (C=O) groups is 1. The van der Waals surface area contributed by atoms with Crippen LogP contribution in [0.3, 0.4) is 0 Å². The summed E-state index contributed by atoms with van der Waals surface area (Å²) in [6.45, 7) is 0. The topological polar surface area (TPSA) is 38.3 Å². The maximum Gasteiger partial charge on any atom is 0.252 e. The molecule has 1 aliphatic carbocycles. The minimum atomic E-state index is 0.0690. The van der Waals surface area contributed by atoms with Crippen LogP contribution in [0.2, 0.25) is 0 Å². The molecular weight excluding hydrogens is 214 g/mol. The lowest BCUT2D eigenvalue weighted by molar-refractivity contribution is 0.0946. The van der Waals surface area contributed by atoms with Gasteiger partial charge in [0.25, 0.3) is 5.91 Å². The fraction of sp³-hybridized carbons (Fsp3) is 0.500. The van der Waals surface area contributed by atoms with Crippen LogP contribution in [0.25, 0.3) is 0 Å². The van der Waals surface area contributed by atoms with Gasteiger partial charge < -0.3 is 10.1 Å². The number of benzene rings is 1. The van der Waals surface area contributed by atoms with Crippen molar-refractivity contribution in [3.63, 3.8) is 0 Å². The first-order valence-corrected chi connectivity index (χ1v) is 6.28. The molecular formula is C14H17NO2. The van der Waals surface area contributed by atoms with Crippen molar-refractivity contribution in [2.75, 3.05) is 7.11 Å². The van der Waals surface area contributed by atoms with Crippen LogP contribution in [0.1, 0.15) is 47.6 Å². The minimum Gasteiger partial charge on any atom is -0.497 e. The van der Waals surface area contributed by atoms with Crippen LogP contribution >= 0.6 is 0 Å². The Balaban J connectivity index is 1.98. The number of amides is 1. The first-order valence-electron chi connectivity index (χ1n) is 6.28. The fourth-order valence-electron chi connectivity index (χ4n) is 3.09. The molecule has 1 amide bonds. The van der Waals surface area contributed by atoms with Gasteiger partial charge in [-0.05, 0) is 42.5 Å². The molecule has 0 bridgehead atoms. The minimum absolute atomic E-state index is 0.0690. The first-order chi connectivity index (χ1) is 8.29. The molecule has 0 saturated heterocycles. The van der Waals surface area contributed by atoms with E-state index in [-0.39, 0.29) is 11.9 Å². The highest BCUT2D eigenvalue weighted by Gasteiger charge is 2.35. The molecule has 1 saturated carbocycles. The van der Waals surface area contributed by atoms with E-state index in [2.05, 4.69) is 5.32 Å². The zero-order chi connectivity index (χ0) is 11.8. The number of methoxy groups -OCH3 is 1. The van der Waals surface area contributed by atoms with E-state index in [1.165, 1.54) is 25.7 Å². The van der Waals surface area contributed by atoms with Crippen molar-refractivity contribution in [2.24, 2.45) is 5.92 Å². The predicted molar refractivity (Wildman–Crippen MR) is 65.2 cm³/mol. The Morgan fingerprint density at radius 2 is 2.06 bits per heavy atom. The van der Waals surface area contributed by atoms with Crippen molar-refractivity contribution in [3.8, 4) is 5.75 Å². The highest BCUT2D eigenvalue weighted by molar-refractivity contribution is 5.99. The summed E-state index contributed by atoms with van der Waals surface area (Å²) in [5.41, 5.74) is 1.95. The molecule has 1 aromatic carbocycles. The third kappa shape index (κ3) is 1.70. The van der Waals surface area contributed by atoms with E-state index in [0.29, 0.717) is 5.92 Å². The normalized spacial score (nSPS) is 23.6. The Labute approximate surface area is 101 Å². The van der Waals surface area contributed by atoms with Gasteiger partial charge in [-0.3, -0.25) is 4.79 Å². The van der Waals surface area contributed by atoms with Crippen LogP contribution in [-0.2, 0) is 0 Å². The number of carbonyl (C=O) groups excluding carboxylic acids is 1. The van der Waals surface area contributed by atoms with Crippen LogP contribution in [0, 0.1) is 5.92 Å². The molecule has 3 heteroatoms. The van der Waals surface area contributed by atoms with Crippen LogP contribution in [-0.4, -0.2) is 13.0 Å². The van der Waals surface area contributed by atoms with Crippen LogP contribution in [0.15, 0.2) is 18.2 Å². The summed E-state index contributed by atoms with van der Waals surface area (Å²) in [6.07, 6.45) is 5.02. The SMILES string of the molecule is COc1ccc2c(c1)C(C1CCCC1)NC2=O. The summed E-state index contributed by atoms with van der Waals surface area (Å²) in [7, 11) is 1.66. The quantitative estimate of drug-likeness (QED) is 0.849. The maximum absolute atomic E-state index is 11.9. The zero-order valence-electron chi connectivity index (χ0n) is 10.0. The van der Waals surface area contributed by atoms with Gasteiger partial charge in [0.15, 0.2) is 0 Å². The average molecular weight is 231 g/mol. The second kappa shape index (κ2) is 4.06. The number of nitrogens with one attached hydrogen (secondary N) is 1. The summed E-state index contributed by atoms with van der Waals surface area (Å²) < 4.78 is 5.25. The van der Waals surface area contributed by atoms with Crippen molar-refractivity contribution >= 4 is 5.91 Å². The molecule has 2 aliphatic rings. The number of hydrogen-bond acceptors (Lipinski definition) is 2. The van der Waals surface area contributed by atoms with Gasteiger partial charge in [-0.1, -0.05) is 12.8 Å². The largest absolute Gasteiger partial charge is 0.497 e. The summed E-state index contributed by atoms with van der Waals surface area (Å²) in [4.78, 5) is 11.9. The summed E-state index contributed by atoms with van der Waals surface area (Å²) >= 11 is 0. The van der Waals surface area contributed by atoms with E-state index < -0.39 is 0 Å². The third-order valence-electron chi connectivity index (χ3n) is 4.00. The van der Waals surface area contributed by atoms with Crippen molar-refractivity contribution < 1.29 is 9.53 Å².